The largest absolute Gasteiger partial charge is 0.480 e. The molecule has 0 amide bonds. The molecule has 1 saturated heterocycles. The summed E-state index contributed by atoms with van der Waals surface area (Å²) < 4.78 is 0. The normalized spacial score (nSPS) is 36.1. The molecule has 2 unspecified atom stereocenters. The van der Waals surface area contributed by atoms with E-state index in [0.717, 1.165) is 13.0 Å². The first kappa shape index (κ1) is 9.00. The highest BCUT2D eigenvalue weighted by atomic mass is 16.4. The van der Waals surface area contributed by atoms with E-state index in [0.29, 0.717) is 12.0 Å². The molecule has 2 atom stereocenters. The number of carboxylic acid groups (broad SMARTS) is 1. The first-order chi connectivity index (χ1) is 6.20. The SMILES string of the molecule is CC1CCN(C2CCC2)C1C(=O)O. The van der Waals surface area contributed by atoms with Crippen molar-refractivity contribution in [1.82, 2.24) is 4.90 Å². The Morgan fingerprint density at radius 2 is 2.08 bits per heavy atom. The maximum Gasteiger partial charge on any atom is 0.321 e. The maximum atomic E-state index is 11.0. The van der Waals surface area contributed by atoms with E-state index in [9.17, 15) is 4.79 Å². The fourth-order valence-corrected chi connectivity index (χ4v) is 2.49. The Hall–Kier alpha value is -0.570. The minimum atomic E-state index is -0.628. The van der Waals surface area contributed by atoms with Crippen molar-refractivity contribution in [2.24, 2.45) is 5.92 Å². The zero-order valence-electron chi connectivity index (χ0n) is 8.07. The molecule has 1 aliphatic heterocycles. The van der Waals surface area contributed by atoms with E-state index in [-0.39, 0.29) is 6.04 Å². The molecule has 0 aromatic rings. The third-order valence-electron chi connectivity index (χ3n) is 3.54. The fraction of sp³-hybridized carbons (Fsp3) is 0.900. The highest BCUT2D eigenvalue weighted by molar-refractivity contribution is 5.74. The van der Waals surface area contributed by atoms with Crippen LogP contribution in [-0.4, -0.2) is 34.6 Å². The van der Waals surface area contributed by atoms with Gasteiger partial charge in [0.05, 0.1) is 0 Å². The Labute approximate surface area is 78.7 Å². The number of rotatable bonds is 2. The molecule has 13 heavy (non-hydrogen) atoms. The molecule has 1 heterocycles. The summed E-state index contributed by atoms with van der Waals surface area (Å²) in [6, 6.07) is 0.372. The molecule has 3 nitrogen and oxygen atoms in total. The first-order valence-corrected chi connectivity index (χ1v) is 5.18. The third kappa shape index (κ3) is 1.46. The number of likely N-dealkylation sites (tertiary alicyclic amines) is 1. The maximum absolute atomic E-state index is 11.0. The van der Waals surface area contributed by atoms with Gasteiger partial charge in [-0.05, 0) is 31.7 Å². The highest BCUT2D eigenvalue weighted by Gasteiger charge is 2.41. The van der Waals surface area contributed by atoms with Crippen LogP contribution in [0, 0.1) is 5.92 Å². The molecular formula is C10H17NO2. The molecule has 0 aromatic heterocycles. The van der Waals surface area contributed by atoms with Crippen molar-refractivity contribution in [3.8, 4) is 0 Å². The lowest BCUT2D eigenvalue weighted by molar-refractivity contribution is -0.144. The highest BCUT2D eigenvalue weighted by Crippen LogP contribution is 2.33. The van der Waals surface area contributed by atoms with Crippen molar-refractivity contribution in [3.05, 3.63) is 0 Å². The second-order valence-electron chi connectivity index (χ2n) is 4.37. The summed E-state index contributed by atoms with van der Waals surface area (Å²) in [4.78, 5) is 13.2. The van der Waals surface area contributed by atoms with Gasteiger partial charge in [-0.25, -0.2) is 0 Å². The molecule has 2 fully saturated rings. The van der Waals surface area contributed by atoms with Gasteiger partial charge in [-0.2, -0.15) is 0 Å². The summed E-state index contributed by atoms with van der Waals surface area (Å²) in [6.07, 6.45) is 4.74. The zero-order valence-corrected chi connectivity index (χ0v) is 8.07. The number of nitrogens with zero attached hydrogens (tertiary/aromatic N) is 1. The van der Waals surface area contributed by atoms with E-state index < -0.39 is 5.97 Å². The predicted molar refractivity (Wildman–Crippen MR) is 49.5 cm³/mol. The van der Waals surface area contributed by atoms with Crippen LogP contribution < -0.4 is 0 Å². The van der Waals surface area contributed by atoms with Gasteiger partial charge in [-0.3, -0.25) is 9.69 Å². The molecule has 1 N–H and O–H groups in total. The Bertz CT molecular complexity index is 213. The van der Waals surface area contributed by atoms with Gasteiger partial charge < -0.3 is 5.11 Å². The van der Waals surface area contributed by atoms with E-state index in [4.69, 9.17) is 5.11 Å². The molecule has 1 saturated carbocycles. The molecular weight excluding hydrogens is 166 g/mol. The zero-order chi connectivity index (χ0) is 9.42. The van der Waals surface area contributed by atoms with Crippen molar-refractivity contribution in [3.63, 3.8) is 0 Å². The predicted octanol–water partition coefficient (Wildman–Crippen LogP) is 1.33. The van der Waals surface area contributed by atoms with Crippen molar-refractivity contribution in [2.75, 3.05) is 6.54 Å². The number of hydrogen-bond acceptors (Lipinski definition) is 2. The van der Waals surface area contributed by atoms with Crippen LogP contribution in [-0.2, 0) is 4.79 Å². The van der Waals surface area contributed by atoms with Gasteiger partial charge >= 0.3 is 5.97 Å². The summed E-state index contributed by atoms with van der Waals surface area (Å²) in [5.74, 6) is -0.296. The van der Waals surface area contributed by atoms with Crippen LogP contribution in [0.15, 0.2) is 0 Å². The fourth-order valence-electron chi connectivity index (χ4n) is 2.49. The Kier molecular flexibility index (Phi) is 2.28. The summed E-state index contributed by atoms with van der Waals surface area (Å²) in [7, 11) is 0. The summed E-state index contributed by atoms with van der Waals surface area (Å²) in [5, 5.41) is 9.08. The molecule has 74 valence electrons. The standard InChI is InChI=1S/C10H17NO2/c1-7-5-6-11(8-3-2-4-8)9(7)10(12)13/h7-9H,2-6H2,1H3,(H,12,13). The van der Waals surface area contributed by atoms with Crippen molar-refractivity contribution in [2.45, 2.75) is 44.7 Å². The topological polar surface area (TPSA) is 40.5 Å². The van der Waals surface area contributed by atoms with Crippen molar-refractivity contribution >= 4 is 5.97 Å². The monoisotopic (exact) mass is 183 g/mol. The van der Waals surface area contributed by atoms with Crippen molar-refractivity contribution in [1.29, 1.82) is 0 Å². The second kappa shape index (κ2) is 3.29. The minimum absolute atomic E-state index is 0.203. The lowest BCUT2D eigenvalue weighted by atomic mass is 9.90. The van der Waals surface area contributed by atoms with Crippen LogP contribution in [0.3, 0.4) is 0 Å². The smallest absolute Gasteiger partial charge is 0.321 e. The van der Waals surface area contributed by atoms with E-state index >= 15 is 0 Å². The molecule has 0 spiro atoms. The molecule has 1 aliphatic carbocycles. The number of aliphatic carboxylic acids is 1. The summed E-state index contributed by atoms with van der Waals surface area (Å²) in [6.45, 7) is 3.04. The van der Waals surface area contributed by atoms with Gasteiger partial charge in [0.25, 0.3) is 0 Å². The third-order valence-corrected chi connectivity index (χ3v) is 3.54. The van der Waals surface area contributed by atoms with E-state index in [2.05, 4.69) is 11.8 Å². The number of hydrogen-bond donors (Lipinski definition) is 1. The van der Waals surface area contributed by atoms with E-state index in [1.165, 1.54) is 19.3 Å². The Balaban J connectivity index is 2.05. The lowest BCUT2D eigenvalue weighted by Gasteiger charge is -2.37. The van der Waals surface area contributed by atoms with E-state index in [1.54, 1.807) is 0 Å². The summed E-state index contributed by atoms with van der Waals surface area (Å²) >= 11 is 0. The van der Waals surface area contributed by atoms with Gasteiger partial charge in [0.2, 0.25) is 0 Å². The van der Waals surface area contributed by atoms with Crippen molar-refractivity contribution < 1.29 is 9.90 Å². The molecule has 2 rings (SSSR count). The molecule has 0 radical (unpaired) electrons. The van der Waals surface area contributed by atoms with Crippen LogP contribution in [0.5, 0.6) is 0 Å². The van der Waals surface area contributed by atoms with Gasteiger partial charge in [-0.15, -0.1) is 0 Å². The first-order valence-electron chi connectivity index (χ1n) is 5.18. The average molecular weight is 183 g/mol. The molecule has 0 aromatic carbocycles. The summed E-state index contributed by atoms with van der Waals surface area (Å²) in [5.41, 5.74) is 0. The number of carboxylic acids is 1. The van der Waals surface area contributed by atoms with E-state index in [1.807, 2.05) is 0 Å². The molecule has 0 bridgehead atoms. The van der Waals surface area contributed by atoms with Crippen LogP contribution in [0.1, 0.15) is 32.6 Å². The second-order valence-corrected chi connectivity index (χ2v) is 4.37. The number of carbonyl (C=O) groups is 1. The minimum Gasteiger partial charge on any atom is -0.480 e. The van der Waals surface area contributed by atoms with Gasteiger partial charge in [-0.1, -0.05) is 13.3 Å². The van der Waals surface area contributed by atoms with Gasteiger partial charge in [0, 0.05) is 6.04 Å². The Morgan fingerprint density at radius 3 is 2.54 bits per heavy atom. The van der Waals surface area contributed by atoms with Gasteiger partial charge in [0.1, 0.15) is 6.04 Å². The quantitative estimate of drug-likeness (QED) is 0.702. The average Bonchev–Trinajstić information content (AvgIpc) is 2.28. The van der Waals surface area contributed by atoms with Crippen LogP contribution in [0.4, 0.5) is 0 Å². The lowest BCUT2D eigenvalue weighted by Crippen LogP contribution is -2.47. The van der Waals surface area contributed by atoms with Crippen LogP contribution >= 0.6 is 0 Å². The molecule has 2 aliphatic rings. The Morgan fingerprint density at radius 1 is 1.38 bits per heavy atom. The van der Waals surface area contributed by atoms with Crippen LogP contribution in [0.25, 0.3) is 0 Å². The van der Waals surface area contributed by atoms with Crippen LogP contribution in [0.2, 0.25) is 0 Å². The van der Waals surface area contributed by atoms with Gasteiger partial charge in [0.15, 0.2) is 0 Å². The molecule has 3 heteroatoms.